The molecule has 0 aliphatic carbocycles. The largest absolute Gasteiger partial charge is 0.465 e. The Hall–Kier alpha value is -3.51. The van der Waals surface area contributed by atoms with E-state index in [9.17, 15) is 24.5 Å². The van der Waals surface area contributed by atoms with Crippen LogP contribution in [0, 0.1) is 10.1 Å². The summed E-state index contributed by atoms with van der Waals surface area (Å²) < 4.78 is 14.3. The lowest BCUT2D eigenvalue weighted by molar-refractivity contribution is -0.384. The van der Waals surface area contributed by atoms with E-state index in [0.29, 0.717) is 0 Å². The number of carbonyl (C=O) groups is 3. The van der Waals surface area contributed by atoms with Crippen molar-refractivity contribution in [1.29, 1.82) is 0 Å². The molecule has 0 bridgehead atoms. The molecule has 1 heterocycles. The molecule has 0 aliphatic heterocycles. The third-order valence-corrected chi connectivity index (χ3v) is 2.94. The molecule has 28 heavy (non-hydrogen) atoms. The van der Waals surface area contributed by atoms with Crippen LogP contribution < -0.4 is 10.6 Å². The van der Waals surface area contributed by atoms with Crippen molar-refractivity contribution in [1.82, 2.24) is 9.97 Å². The van der Waals surface area contributed by atoms with Crippen LogP contribution in [0.5, 0.6) is 0 Å². The van der Waals surface area contributed by atoms with Gasteiger partial charge in [-0.05, 0) is 20.8 Å². The minimum Gasteiger partial charge on any atom is -0.465 e. The zero-order valence-corrected chi connectivity index (χ0v) is 15.6. The van der Waals surface area contributed by atoms with Gasteiger partial charge in [-0.15, -0.1) is 0 Å². The lowest BCUT2D eigenvalue weighted by atomic mass is 10.3. The van der Waals surface area contributed by atoms with Gasteiger partial charge in [0.25, 0.3) is 0 Å². The van der Waals surface area contributed by atoms with Crippen LogP contribution in [-0.4, -0.2) is 65.7 Å². The van der Waals surface area contributed by atoms with Crippen molar-refractivity contribution in [2.75, 3.05) is 43.5 Å². The maximum absolute atomic E-state index is 12.1. The second-order valence-corrected chi connectivity index (χ2v) is 4.89. The molecule has 13 heteroatoms. The molecule has 0 saturated heterocycles. The van der Waals surface area contributed by atoms with Gasteiger partial charge < -0.3 is 24.8 Å². The Labute approximate surface area is 159 Å². The number of aromatic nitrogens is 2. The molecule has 0 spiro atoms. The Kier molecular flexibility index (Phi) is 9.06. The fourth-order valence-electron chi connectivity index (χ4n) is 1.90. The summed E-state index contributed by atoms with van der Waals surface area (Å²) in [6.45, 7) is 4.19. The van der Waals surface area contributed by atoms with Crippen molar-refractivity contribution in [2.24, 2.45) is 0 Å². The monoisotopic (exact) mass is 399 g/mol. The highest BCUT2D eigenvalue weighted by atomic mass is 16.6. The van der Waals surface area contributed by atoms with Gasteiger partial charge in [-0.25, -0.2) is 4.79 Å². The number of ether oxygens (including phenoxy) is 3. The molecule has 0 amide bonds. The van der Waals surface area contributed by atoms with Crippen LogP contribution in [0.15, 0.2) is 0 Å². The average Bonchev–Trinajstić information content (AvgIpc) is 2.64. The molecule has 2 N–H and O–H groups in total. The van der Waals surface area contributed by atoms with E-state index in [1.165, 1.54) is 6.92 Å². The number of nitrogens with one attached hydrogen (secondary N) is 2. The number of hydrogen-bond donors (Lipinski definition) is 2. The molecule has 0 saturated carbocycles. The van der Waals surface area contributed by atoms with Crippen molar-refractivity contribution in [3.63, 3.8) is 0 Å². The first kappa shape index (κ1) is 22.5. The first-order valence-corrected chi connectivity index (χ1v) is 8.36. The van der Waals surface area contributed by atoms with Crippen LogP contribution in [0.2, 0.25) is 0 Å². The first-order chi connectivity index (χ1) is 13.3. The van der Waals surface area contributed by atoms with Crippen LogP contribution in [-0.2, 0) is 23.8 Å². The molecule has 0 aromatic carbocycles. The van der Waals surface area contributed by atoms with Gasteiger partial charge in [0.1, 0.15) is 13.1 Å². The standard InChI is InChI=1S/C15H21N5O8/c1-4-26-9(21)7-16-13-12(20(24)25)11(14(23)28-6-3)18-15(19-13)17-8-10(22)27-5-2/h4-8H2,1-3H3,(H2,16,17,18,19). The summed E-state index contributed by atoms with van der Waals surface area (Å²) in [6, 6.07) is 0. The smallest absolute Gasteiger partial charge is 0.364 e. The first-order valence-electron chi connectivity index (χ1n) is 8.36. The summed E-state index contributed by atoms with van der Waals surface area (Å²) in [6.07, 6.45) is 0. The molecular formula is C15H21N5O8. The number of anilines is 2. The summed E-state index contributed by atoms with van der Waals surface area (Å²) in [4.78, 5) is 53.3. The second-order valence-electron chi connectivity index (χ2n) is 4.89. The summed E-state index contributed by atoms with van der Waals surface area (Å²) in [5.41, 5.74) is -1.41. The quantitative estimate of drug-likeness (QED) is 0.229. The van der Waals surface area contributed by atoms with Gasteiger partial charge in [-0.1, -0.05) is 0 Å². The van der Waals surface area contributed by atoms with Crippen molar-refractivity contribution in [2.45, 2.75) is 20.8 Å². The predicted octanol–water partition coefficient (Wildman–Crippen LogP) is 0.511. The molecule has 154 valence electrons. The molecule has 1 rings (SSSR count). The summed E-state index contributed by atoms with van der Waals surface area (Å²) in [5, 5.41) is 16.4. The number of hydrogen-bond acceptors (Lipinski definition) is 12. The number of rotatable bonds is 11. The van der Waals surface area contributed by atoms with E-state index in [2.05, 4.69) is 20.6 Å². The Balaban J connectivity index is 3.26. The van der Waals surface area contributed by atoms with Crippen LogP contribution in [0.1, 0.15) is 31.3 Å². The van der Waals surface area contributed by atoms with Gasteiger partial charge in [0.15, 0.2) is 0 Å². The van der Waals surface area contributed by atoms with Crippen molar-refractivity contribution in [3.05, 3.63) is 15.8 Å². The molecule has 0 fully saturated rings. The third-order valence-electron chi connectivity index (χ3n) is 2.94. The normalized spacial score (nSPS) is 9.96. The highest BCUT2D eigenvalue weighted by molar-refractivity contribution is 5.95. The van der Waals surface area contributed by atoms with Gasteiger partial charge in [-0.3, -0.25) is 19.7 Å². The van der Waals surface area contributed by atoms with Crippen LogP contribution in [0.25, 0.3) is 0 Å². The molecule has 0 unspecified atom stereocenters. The fraction of sp³-hybridized carbons (Fsp3) is 0.533. The molecule has 13 nitrogen and oxygen atoms in total. The van der Waals surface area contributed by atoms with E-state index in [0.717, 1.165) is 0 Å². The maximum Gasteiger partial charge on any atom is 0.364 e. The van der Waals surface area contributed by atoms with Gasteiger partial charge in [0, 0.05) is 0 Å². The SMILES string of the molecule is CCOC(=O)CNc1nc(NCC(=O)OCC)c([N+](=O)[O-])c(C(=O)OCC)n1. The predicted molar refractivity (Wildman–Crippen MR) is 94.9 cm³/mol. The van der Waals surface area contributed by atoms with E-state index >= 15 is 0 Å². The van der Waals surface area contributed by atoms with Crippen molar-refractivity contribution in [3.8, 4) is 0 Å². The molecule has 0 aliphatic rings. The summed E-state index contributed by atoms with van der Waals surface area (Å²) >= 11 is 0. The summed E-state index contributed by atoms with van der Waals surface area (Å²) in [7, 11) is 0. The van der Waals surface area contributed by atoms with Crippen LogP contribution in [0.3, 0.4) is 0 Å². The maximum atomic E-state index is 12.1. The highest BCUT2D eigenvalue weighted by Crippen LogP contribution is 2.27. The Bertz CT molecular complexity index is 739. The van der Waals surface area contributed by atoms with Crippen molar-refractivity contribution >= 4 is 35.4 Å². The Morgan fingerprint density at radius 2 is 1.46 bits per heavy atom. The number of nitrogens with zero attached hydrogens (tertiary/aromatic N) is 3. The molecular weight excluding hydrogens is 378 g/mol. The topological polar surface area (TPSA) is 172 Å². The van der Waals surface area contributed by atoms with Crippen molar-refractivity contribution < 1.29 is 33.5 Å². The lowest BCUT2D eigenvalue weighted by Crippen LogP contribution is -2.22. The van der Waals surface area contributed by atoms with Crippen LogP contribution >= 0.6 is 0 Å². The minimum absolute atomic E-state index is 0.0445. The second kappa shape index (κ2) is 11.3. The molecule has 1 aromatic heterocycles. The molecule has 0 radical (unpaired) electrons. The number of esters is 3. The summed E-state index contributed by atoms with van der Waals surface area (Å²) in [5.74, 6) is -3.05. The number of carbonyl (C=O) groups excluding carboxylic acids is 3. The molecule has 1 aromatic rings. The van der Waals surface area contributed by atoms with E-state index < -0.39 is 46.6 Å². The minimum atomic E-state index is -1.06. The average molecular weight is 399 g/mol. The van der Waals surface area contributed by atoms with Gasteiger partial charge in [0.2, 0.25) is 17.5 Å². The third kappa shape index (κ3) is 6.66. The van der Waals surface area contributed by atoms with E-state index in [1.54, 1.807) is 13.8 Å². The van der Waals surface area contributed by atoms with Gasteiger partial charge >= 0.3 is 23.6 Å². The van der Waals surface area contributed by atoms with E-state index in [-0.39, 0.29) is 32.3 Å². The van der Waals surface area contributed by atoms with Gasteiger partial charge in [0.05, 0.1) is 24.7 Å². The molecule has 0 atom stereocenters. The Morgan fingerprint density at radius 3 is 1.96 bits per heavy atom. The van der Waals surface area contributed by atoms with E-state index in [1.807, 2.05) is 0 Å². The zero-order chi connectivity index (χ0) is 21.1. The van der Waals surface area contributed by atoms with Crippen LogP contribution in [0.4, 0.5) is 17.5 Å². The zero-order valence-electron chi connectivity index (χ0n) is 15.6. The van der Waals surface area contributed by atoms with Gasteiger partial charge in [-0.2, -0.15) is 9.97 Å². The number of nitro groups is 1. The fourth-order valence-corrected chi connectivity index (χ4v) is 1.90. The highest BCUT2D eigenvalue weighted by Gasteiger charge is 2.31. The lowest BCUT2D eigenvalue weighted by Gasteiger charge is -2.11. The Morgan fingerprint density at radius 1 is 0.929 bits per heavy atom. The van der Waals surface area contributed by atoms with E-state index in [4.69, 9.17) is 14.2 Å².